The van der Waals surface area contributed by atoms with E-state index in [4.69, 9.17) is 21.1 Å². The molecule has 27 heavy (non-hydrogen) atoms. The van der Waals surface area contributed by atoms with E-state index < -0.39 is 59.7 Å². The Morgan fingerprint density at radius 1 is 1.37 bits per heavy atom. The number of esters is 2. The summed E-state index contributed by atoms with van der Waals surface area (Å²) in [5.41, 5.74) is -1.16. The molecule has 0 unspecified atom stereocenters. The third-order valence-corrected chi connectivity index (χ3v) is 6.37. The second-order valence-corrected chi connectivity index (χ2v) is 7.89. The molecular formula is C19H23ClO7. The zero-order valence-electron chi connectivity index (χ0n) is 14.9. The first-order valence-electron chi connectivity index (χ1n) is 8.63. The van der Waals surface area contributed by atoms with Crippen LogP contribution in [-0.4, -0.2) is 63.2 Å². The first-order valence-corrected chi connectivity index (χ1v) is 9.16. The average molecular weight is 399 g/mol. The molecule has 3 fully saturated rings. The topological polar surface area (TPSA) is 113 Å². The molecule has 3 N–H and O–H groups in total. The Kier molecular flexibility index (Phi) is 5.01. The molecule has 0 bridgehead atoms. The van der Waals surface area contributed by atoms with Gasteiger partial charge in [0.2, 0.25) is 0 Å². The molecule has 1 saturated heterocycles. The van der Waals surface area contributed by atoms with E-state index in [0.29, 0.717) is 5.57 Å². The first kappa shape index (κ1) is 20.1. The van der Waals surface area contributed by atoms with Gasteiger partial charge in [0, 0.05) is 29.4 Å². The van der Waals surface area contributed by atoms with Crippen molar-refractivity contribution in [1.82, 2.24) is 0 Å². The van der Waals surface area contributed by atoms with E-state index >= 15 is 0 Å². The lowest BCUT2D eigenvalue weighted by atomic mass is 9.76. The van der Waals surface area contributed by atoms with Gasteiger partial charge in [0.1, 0.15) is 23.9 Å². The zero-order valence-corrected chi connectivity index (χ0v) is 15.7. The van der Waals surface area contributed by atoms with Crippen molar-refractivity contribution in [3.05, 3.63) is 36.5 Å². The molecule has 0 spiro atoms. The Bertz CT molecular complexity index is 732. The third-order valence-electron chi connectivity index (χ3n) is 5.94. The molecule has 8 heteroatoms. The van der Waals surface area contributed by atoms with Gasteiger partial charge in [0.15, 0.2) is 0 Å². The van der Waals surface area contributed by atoms with Crippen LogP contribution in [0.4, 0.5) is 0 Å². The van der Waals surface area contributed by atoms with Crippen LogP contribution in [0.25, 0.3) is 0 Å². The molecule has 0 amide bonds. The Morgan fingerprint density at radius 3 is 2.56 bits per heavy atom. The first-order chi connectivity index (χ1) is 12.5. The maximum Gasteiger partial charge on any atom is 0.334 e. The van der Waals surface area contributed by atoms with Gasteiger partial charge in [-0.2, -0.15) is 0 Å². The number of ether oxygens (including phenoxy) is 2. The lowest BCUT2D eigenvalue weighted by Gasteiger charge is -2.36. The predicted octanol–water partition coefficient (Wildman–Crippen LogP) is 0.470. The average Bonchev–Trinajstić information content (AvgIpc) is 2.95. The monoisotopic (exact) mass is 398 g/mol. The quantitative estimate of drug-likeness (QED) is 0.274. The summed E-state index contributed by atoms with van der Waals surface area (Å²) >= 11 is 5.94. The van der Waals surface area contributed by atoms with Crippen molar-refractivity contribution in [2.75, 3.05) is 5.88 Å². The summed E-state index contributed by atoms with van der Waals surface area (Å²) in [7, 11) is 0. The van der Waals surface area contributed by atoms with Gasteiger partial charge in [0.05, 0.1) is 17.9 Å². The number of aliphatic hydroxyl groups excluding tert-OH is 2. The minimum absolute atomic E-state index is 0.0979. The second kappa shape index (κ2) is 6.74. The molecule has 2 saturated carbocycles. The van der Waals surface area contributed by atoms with Gasteiger partial charge in [-0.25, -0.2) is 9.59 Å². The van der Waals surface area contributed by atoms with Crippen molar-refractivity contribution in [2.45, 2.75) is 43.4 Å². The minimum Gasteiger partial charge on any atom is -0.458 e. The predicted molar refractivity (Wildman–Crippen MR) is 95.6 cm³/mol. The maximum absolute atomic E-state index is 12.2. The van der Waals surface area contributed by atoms with E-state index in [1.165, 1.54) is 6.92 Å². The van der Waals surface area contributed by atoms with Crippen LogP contribution in [-0.2, 0) is 19.1 Å². The number of aliphatic hydroxyl groups is 3. The van der Waals surface area contributed by atoms with E-state index in [1.807, 2.05) is 0 Å². The Hall–Kier alpha value is -1.67. The van der Waals surface area contributed by atoms with Crippen LogP contribution >= 0.6 is 11.6 Å². The number of fused-ring (bicyclic) bond motifs is 3. The molecule has 2 aliphatic carbocycles. The summed E-state index contributed by atoms with van der Waals surface area (Å²) in [4.78, 5) is 24.3. The molecule has 1 aliphatic heterocycles. The van der Waals surface area contributed by atoms with Crippen LogP contribution in [0.5, 0.6) is 0 Å². The molecule has 8 atom stereocenters. The summed E-state index contributed by atoms with van der Waals surface area (Å²) in [6, 6.07) is 0. The molecular weight excluding hydrogens is 376 g/mol. The van der Waals surface area contributed by atoms with E-state index in [9.17, 15) is 24.9 Å². The molecule has 0 aromatic heterocycles. The van der Waals surface area contributed by atoms with E-state index in [2.05, 4.69) is 19.7 Å². The molecule has 3 aliphatic rings. The van der Waals surface area contributed by atoms with Crippen molar-refractivity contribution < 1.29 is 34.4 Å². The van der Waals surface area contributed by atoms with E-state index in [0.717, 1.165) is 0 Å². The number of carbonyl (C=O) groups excluding carboxylic acids is 2. The Morgan fingerprint density at radius 2 is 2.00 bits per heavy atom. The number of alkyl halides is 1. The largest absolute Gasteiger partial charge is 0.458 e. The maximum atomic E-state index is 12.2. The summed E-state index contributed by atoms with van der Waals surface area (Å²) < 4.78 is 11.0. The van der Waals surface area contributed by atoms with Gasteiger partial charge < -0.3 is 24.8 Å². The van der Waals surface area contributed by atoms with Crippen molar-refractivity contribution in [3.8, 4) is 0 Å². The van der Waals surface area contributed by atoms with Gasteiger partial charge in [-0.05, 0) is 6.92 Å². The standard InChI is InChI=1S/C19H23ClO7/c1-7(2)17(23)26-10-5-8(3)11-13(15-12(10)9(4)18(24)27-15)19(25,6-20)16(22)14(11)21/h10-16,21-22,25H,1,3-6H2,2H3/t10-,11-,12+,13-,14+,15+,16-,19-/m0/s1. The lowest BCUT2D eigenvalue weighted by Crippen LogP contribution is -2.52. The molecule has 1 heterocycles. The normalized spacial score (nSPS) is 43.6. The number of rotatable bonds is 3. The summed E-state index contributed by atoms with van der Waals surface area (Å²) in [5, 5.41) is 32.0. The molecule has 3 rings (SSSR count). The third kappa shape index (κ3) is 2.84. The summed E-state index contributed by atoms with van der Waals surface area (Å²) in [6.07, 6.45) is -4.59. The number of carbonyl (C=O) groups is 2. The Balaban J connectivity index is 2.09. The SMILES string of the molecule is C=C(C)C(=O)O[C@H]1CC(=C)[C@@H]2[C@@H](O)[C@H](O)[C@](O)(CCl)[C@@H]2[C@@H]2OC(=O)C(=C)[C@@H]21. The highest BCUT2D eigenvalue weighted by molar-refractivity contribution is 6.18. The molecule has 7 nitrogen and oxygen atoms in total. The zero-order chi connectivity index (χ0) is 20.3. The molecule has 0 radical (unpaired) electrons. The fourth-order valence-electron chi connectivity index (χ4n) is 4.58. The fourth-order valence-corrected chi connectivity index (χ4v) is 4.92. The van der Waals surface area contributed by atoms with E-state index in [1.54, 1.807) is 0 Å². The van der Waals surface area contributed by atoms with Crippen LogP contribution in [0.2, 0.25) is 0 Å². The number of halogens is 1. The van der Waals surface area contributed by atoms with E-state index in [-0.39, 0.29) is 23.4 Å². The van der Waals surface area contributed by atoms with Crippen LogP contribution in [0.1, 0.15) is 13.3 Å². The molecule has 0 aromatic rings. The van der Waals surface area contributed by atoms with Gasteiger partial charge in [-0.1, -0.05) is 25.3 Å². The molecule has 148 valence electrons. The fraction of sp³-hybridized carbons (Fsp3) is 0.579. The smallest absolute Gasteiger partial charge is 0.334 e. The second-order valence-electron chi connectivity index (χ2n) is 7.62. The van der Waals surface area contributed by atoms with Crippen LogP contribution < -0.4 is 0 Å². The van der Waals surface area contributed by atoms with Gasteiger partial charge in [0.25, 0.3) is 0 Å². The van der Waals surface area contributed by atoms with Crippen molar-refractivity contribution in [2.24, 2.45) is 17.8 Å². The highest BCUT2D eigenvalue weighted by atomic mass is 35.5. The summed E-state index contributed by atoms with van der Waals surface area (Å²) in [6.45, 7) is 12.8. The van der Waals surface area contributed by atoms with Gasteiger partial charge in [-0.15, -0.1) is 11.6 Å². The van der Waals surface area contributed by atoms with Gasteiger partial charge >= 0.3 is 11.9 Å². The van der Waals surface area contributed by atoms with Crippen molar-refractivity contribution >= 4 is 23.5 Å². The van der Waals surface area contributed by atoms with Crippen LogP contribution in [0, 0.1) is 17.8 Å². The Labute approximate surface area is 161 Å². The number of hydrogen-bond donors (Lipinski definition) is 3. The molecule has 0 aromatic carbocycles. The highest BCUT2D eigenvalue weighted by Crippen LogP contribution is 2.55. The minimum atomic E-state index is -1.91. The van der Waals surface area contributed by atoms with Crippen molar-refractivity contribution in [1.29, 1.82) is 0 Å². The highest BCUT2D eigenvalue weighted by Gasteiger charge is 2.67. The summed E-state index contributed by atoms with van der Waals surface area (Å²) in [5.74, 6) is -4.18. The van der Waals surface area contributed by atoms with Crippen molar-refractivity contribution in [3.63, 3.8) is 0 Å². The van der Waals surface area contributed by atoms with Gasteiger partial charge in [-0.3, -0.25) is 0 Å². The number of hydrogen-bond acceptors (Lipinski definition) is 7. The van der Waals surface area contributed by atoms with Crippen LogP contribution in [0.3, 0.4) is 0 Å². The lowest BCUT2D eigenvalue weighted by molar-refractivity contribution is -0.155. The van der Waals surface area contributed by atoms with Crippen LogP contribution in [0.15, 0.2) is 36.5 Å².